The molecule has 0 amide bonds. The van der Waals surface area contributed by atoms with E-state index >= 15 is 0 Å². The van der Waals surface area contributed by atoms with Crippen molar-refractivity contribution in [3.63, 3.8) is 0 Å². The second kappa shape index (κ2) is 61.4. The fraction of sp³-hybridized carbons (Fsp3) is 0.776. The lowest BCUT2D eigenvalue weighted by atomic mass is 10.1. The number of carbonyl (C=O) groups excluding carboxylic acids is 3. The molecule has 0 saturated carbocycles. The topological polar surface area (TPSA) is 78.9 Å². The first-order valence-electron chi connectivity index (χ1n) is 31.4. The Kier molecular flexibility index (Phi) is 58.7. The minimum Gasteiger partial charge on any atom is -0.462 e. The van der Waals surface area contributed by atoms with Crippen LogP contribution in [0.2, 0.25) is 0 Å². The maximum Gasteiger partial charge on any atom is 0.306 e. The molecular formula is C67H118O6. The molecule has 73 heavy (non-hydrogen) atoms. The Labute approximate surface area is 453 Å². The first-order chi connectivity index (χ1) is 36.0. The molecule has 0 heterocycles. The van der Waals surface area contributed by atoms with Crippen LogP contribution in [-0.4, -0.2) is 37.2 Å². The van der Waals surface area contributed by atoms with Crippen molar-refractivity contribution < 1.29 is 28.6 Å². The maximum absolute atomic E-state index is 12.9. The van der Waals surface area contributed by atoms with Gasteiger partial charge >= 0.3 is 17.9 Å². The number of ether oxygens (including phenoxy) is 3. The van der Waals surface area contributed by atoms with Gasteiger partial charge in [0, 0.05) is 19.3 Å². The quantitative estimate of drug-likeness (QED) is 0.0261. The van der Waals surface area contributed by atoms with Crippen molar-refractivity contribution in [3.05, 3.63) is 72.9 Å². The lowest BCUT2D eigenvalue weighted by Gasteiger charge is -2.18. The molecule has 0 bridgehead atoms. The van der Waals surface area contributed by atoms with Crippen LogP contribution in [0.3, 0.4) is 0 Å². The van der Waals surface area contributed by atoms with Crippen LogP contribution in [0.25, 0.3) is 0 Å². The second-order valence-corrected chi connectivity index (χ2v) is 20.9. The molecule has 6 heteroatoms. The molecule has 1 unspecified atom stereocenters. The Morgan fingerprint density at radius 2 is 0.534 bits per heavy atom. The summed E-state index contributed by atoms with van der Waals surface area (Å²) in [6.45, 7) is 6.54. The van der Waals surface area contributed by atoms with Gasteiger partial charge in [0.1, 0.15) is 13.2 Å². The van der Waals surface area contributed by atoms with Gasteiger partial charge in [0.25, 0.3) is 0 Å². The standard InChI is InChI=1S/C67H118O6/c1-4-7-10-13-16-19-22-24-26-28-30-31-32-33-34-35-37-38-40-42-45-48-51-54-57-60-66(69)72-63-64(62-71-65(68)59-56-53-50-47-44-21-18-15-12-9-6-3)73-67(70)61-58-55-52-49-46-43-41-39-36-29-27-25-23-20-17-14-11-8-5-2/h7,10,16,19,24-27,30-31,33-34,64H,4-6,8-9,11-15,17-18,20-23,28-29,32,35-63H2,1-3H3/b10-7-,19-16-,26-24-,27-25-,31-30-,34-33-. The third kappa shape index (κ3) is 59.6. The van der Waals surface area contributed by atoms with Crippen molar-refractivity contribution in [2.45, 2.75) is 322 Å². The Balaban J connectivity index is 4.28. The van der Waals surface area contributed by atoms with Crippen LogP contribution in [0.1, 0.15) is 316 Å². The Bertz CT molecular complexity index is 1360. The SMILES string of the molecule is CC/C=C\C/C=C\C/C=C\C/C=C\C/C=C\CCCCCCCCCCCC(=O)OCC(COC(=O)CCCCCCCCCCCCC)OC(=O)CCCCCCCCCCC/C=C\CCCCCCCC. The van der Waals surface area contributed by atoms with Gasteiger partial charge < -0.3 is 14.2 Å². The van der Waals surface area contributed by atoms with Gasteiger partial charge in [0.15, 0.2) is 6.10 Å². The minimum absolute atomic E-state index is 0.0747. The Hall–Kier alpha value is -3.15. The molecule has 0 aromatic heterocycles. The summed E-state index contributed by atoms with van der Waals surface area (Å²) in [4.78, 5) is 38.2. The van der Waals surface area contributed by atoms with Crippen molar-refractivity contribution >= 4 is 17.9 Å². The average molecular weight is 1020 g/mol. The molecule has 0 fully saturated rings. The van der Waals surface area contributed by atoms with E-state index in [2.05, 4.69) is 93.7 Å². The van der Waals surface area contributed by atoms with Crippen LogP contribution in [0.5, 0.6) is 0 Å². The molecule has 6 nitrogen and oxygen atoms in total. The lowest BCUT2D eigenvalue weighted by molar-refractivity contribution is -0.167. The van der Waals surface area contributed by atoms with Crippen molar-refractivity contribution in [2.75, 3.05) is 13.2 Å². The average Bonchev–Trinajstić information content (AvgIpc) is 3.39. The lowest BCUT2D eigenvalue weighted by Crippen LogP contribution is -2.30. The molecule has 0 radical (unpaired) electrons. The summed E-state index contributed by atoms with van der Waals surface area (Å²) in [7, 11) is 0. The fourth-order valence-corrected chi connectivity index (χ4v) is 9.00. The van der Waals surface area contributed by atoms with Crippen LogP contribution < -0.4 is 0 Å². The molecule has 0 rings (SSSR count). The van der Waals surface area contributed by atoms with Gasteiger partial charge in [-0.3, -0.25) is 14.4 Å². The molecule has 422 valence electrons. The number of hydrogen-bond acceptors (Lipinski definition) is 6. The van der Waals surface area contributed by atoms with Crippen molar-refractivity contribution in [2.24, 2.45) is 0 Å². The molecule has 0 aromatic carbocycles. The maximum atomic E-state index is 12.9. The van der Waals surface area contributed by atoms with E-state index in [9.17, 15) is 14.4 Å². The number of rotatable bonds is 57. The zero-order chi connectivity index (χ0) is 52.9. The predicted octanol–water partition coefficient (Wildman–Crippen LogP) is 21.3. The third-order valence-electron chi connectivity index (χ3n) is 13.7. The van der Waals surface area contributed by atoms with Crippen molar-refractivity contribution in [1.82, 2.24) is 0 Å². The van der Waals surface area contributed by atoms with Gasteiger partial charge in [-0.05, 0) is 89.9 Å². The first-order valence-corrected chi connectivity index (χ1v) is 31.4. The van der Waals surface area contributed by atoms with E-state index in [1.54, 1.807) is 0 Å². The van der Waals surface area contributed by atoms with E-state index in [1.807, 2.05) is 0 Å². The summed E-state index contributed by atoms with van der Waals surface area (Å²) in [5.74, 6) is -0.870. The highest BCUT2D eigenvalue weighted by Crippen LogP contribution is 2.16. The van der Waals surface area contributed by atoms with Crippen LogP contribution in [0.15, 0.2) is 72.9 Å². The highest BCUT2D eigenvalue weighted by atomic mass is 16.6. The molecule has 0 N–H and O–H groups in total. The summed E-state index contributed by atoms with van der Waals surface area (Å²) in [6, 6.07) is 0. The van der Waals surface area contributed by atoms with Crippen molar-refractivity contribution in [1.29, 1.82) is 0 Å². The monoisotopic (exact) mass is 1020 g/mol. The normalized spacial score (nSPS) is 12.5. The summed E-state index contributed by atoms with van der Waals surface area (Å²) < 4.78 is 16.9. The van der Waals surface area contributed by atoms with Crippen LogP contribution in [0, 0.1) is 0 Å². The highest BCUT2D eigenvalue weighted by Gasteiger charge is 2.19. The van der Waals surface area contributed by atoms with Gasteiger partial charge in [-0.15, -0.1) is 0 Å². The van der Waals surface area contributed by atoms with Crippen LogP contribution in [-0.2, 0) is 28.6 Å². The van der Waals surface area contributed by atoms with E-state index in [-0.39, 0.29) is 31.1 Å². The molecule has 0 aliphatic heterocycles. The summed E-state index contributed by atoms with van der Waals surface area (Å²) >= 11 is 0. The minimum atomic E-state index is -0.777. The molecule has 0 aliphatic carbocycles. The van der Waals surface area contributed by atoms with Gasteiger partial charge in [0.2, 0.25) is 0 Å². The van der Waals surface area contributed by atoms with Crippen LogP contribution in [0.4, 0.5) is 0 Å². The number of unbranched alkanes of at least 4 members (excludes halogenated alkanes) is 34. The van der Waals surface area contributed by atoms with E-state index < -0.39 is 6.10 Å². The molecule has 0 saturated heterocycles. The zero-order valence-electron chi connectivity index (χ0n) is 48.4. The number of hydrogen-bond donors (Lipinski definition) is 0. The molecule has 0 aromatic rings. The molecule has 1 atom stereocenters. The summed E-state index contributed by atoms with van der Waals surface area (Å²) in [6.07, 6.45) is 79.0. The molecule has 0 spiro atoms. The van der Waals surface area contributed by atoms with E-state index in [4.69, 9.17) is 14.2 Å². The highest BCUT2D eigenvalue weighted by molar-refractivity contribution is 5.71. The van der Waals surface area contributed by atoms with E-state index in [0.717, 1.165) is 96.3 Å². The zero-order valence-corrected chi connectivity index (χ0v) is 48.4. The van der Waals surface area contributed by atoms with Gasteiger partial charge in [-0.25, -0.2) is 0 Å². The predicted molar refractivity (Wildman–Crippen MR) is 316 cm³/mol. The van der Waals surface area contributed by atoms with E-state index in [1.165, 1.54) is 180 Å². The van der Waals surface area contributed by atoms with Gasteiger partial charge in [0.05, 0.1) is 0 Å². The number of allylic oxidation sites excluding steroid dienone is 12. The van der Waals surface area contributed by atoms with Crippen LogP contribution >= 0.6 is 0 Å². The summed E-state index contributed by atoms with van der Waals surface area (Å²) in [5, 5.41) is 0. The third-order valence-corrected chi connectivity index (χ3v) is 13.7. The van der Waals surface area contributed by atoms with Crippen molar-refractivity contribution in [3.8, 4) is 0 Å². The Morgan fingerprint density at radius 1 is 0.288 bits per heavy atom. The molecular weight excluding hydrogens is 901 g/mol. The Morgan fingerprint density at radius 3 is 0.849 bits per heavy atom. The number of esters is 3. The summed E-state index contributed by atoms with van der Waals surface area (Å²) in [5.41, 5.74) is 0. The van der Waals surface area contributed by atoms with Gasteiger partial charge in [-0.1, -0.05) is 280 Å². The second-order valence-electron chi connectivity index (χ2n) is 20.9. The smallest absolute Gasteiger partial charge is 0.306 e. The van der Waals surface area contributed by atoms with Gasteiger partial charge in [-0.2, -0.15) is 0 Å². The largest absolute Gasteiger partial charge is 0.462 e. The fourth-order valence-electron chi connectivity index (χ4n) is 9.00. The first kappa shape index (κ1) is 69.8. The van der Waals surface area contributed by atoms with E-state index in [0.29, 0.717) is 19.3 Å². The molecule has 0 aliphatic rings. The number of carbonyl (C=O) groups is 3.